The van der Waals surface area contributed by atoms with Crippen LogP contribution in [0.5, 0.6) is 5.75 Å². The lowest BCUT2D eigenvalue weighted by Gasteiger charge is -2.25. The molecule has 1 aromatic carbocycles. The van der Waals surface area contributed by atoms with Crippen molar-refractivity contribution in [2.24, 2.45) is 0 Å². The average Bonchev–Trinajstić information content (AvgIpc) is 2.39. The number of nitrogen functional groups attached to an aromatic ring is 1. The Morgan fingerprint density at radius 3 is 2.61 bits per heavy atom. The number of benzene rings is 1. The quantitative estimate of drug-likeness (QED) is 0.786. The van der Waals surface area contributed by atoms with Gasteiger partial charge < -0.3 is 20.5 Å². The maximum atomic E-state index is 12.1. The Balaban J connectivity index is 2.94. The van der Waals surface area contributed by atoms with Crippen molar-refractivity contribution in [2.75, 3.05) is 25.3 Å². The first-order valence-electron chi connectivity index (χ1n) is 5.77. The summed E-state index contributed by atoms with van der Waals surface area (Å²) in [4.78, 5) is 12.1. The number of carbonyl (C=O) groups is 1. The van der Waals surface area contributed by atoms with Crippen LogP contribution in [0.1, 0.15) is 20.3 Å². The number of nitrogens with two attached hydrogens (primary N) is 1. The highest BCUT2D eigenvalue weighted by atomic mass is 16.5. The third kappa shape index (κ3) is 2.92. The van der Waals surface area contributed by atoms with E-state index >= 15 is 0 Å². The van der Waals surface area contributed by atoms with Crippen LogP contribution in [-0.2, 0) is 9.53 Å². The highest BCUT2D eigenvalue weighted by molar-refractivity contribution is 5.98. The zero-order valence-electron chi connectivity index (χ0n) is 11.2. The molecule has 1 aromatic rings. The number of hydrogen-bond acceptors (Lipinski definition) is 4. The highest BCUT2D eigenvalue weighted by Crippen LogP contribution is 2.28. The number of methoxy groups -OCH3 is 2. The van der Waals surface area contributed by atoms with E-state index in [9.17, 15) is 4.79 Å². The van der Waals surface area contributed by atoms with Crippen molar-refractivity contribution in [3.05, 3.63) is 18.2 Å². The van der Waals surface area contributed by atoms with Gasteiger partial charge >= 0.3 is 0 Å². The van der Waals surface area contributed by atoms with Crippen LogP contribution in [-0.4, -0.2) is 25.7 Å². The van der Waals surface area contributed by atoms with Gasteiger partial charge in [0.25, 0.3) is 5.91 Å². The van der Waals surface area contributed by atoms with Crippen molar-refractivity contribution < 1.29 is 14.3 Å². The van der Waals surface area contributed by atoms with E-state index in [2.05, 4.69) is 5.32 Å². The van der Waals surface area contributed by atoms with Gasteiger partial charge in [-0.05, 0) is 25.5 Å². The first-order chi connectivity index (χ1) is 8.46. The van der Waals surface area contributed by atoms with Gasteiger partial charge in [0.15, 0.2) is 0 Å². The number of carbonyl (C=O) groups excluding carboxylic acids is 1. The lowest BCUT2D eigenvalue weighted by atomic mass is 10.0. The minimum Gasteiger partial charge on any atom is -0.494 e. The van der Waals surface area contributed by atoms with Crippen molar-refractivity contribution in [1.29, 1.82) is 0 Å². The average molecular weight is 252 g/mol. The molecule has 0 radical (unpaired) electrons. The van der Waals surface area contributed by atoms with Crippen LogP contribution in [0.2, 0.25) is 0 Å². The van der Waals surface area contributed by atoms with Crippen LogP contribution in [0.25, 0.3) is 0 Å². The maximum absolute atomic E-state index is 12.1. The van der Waals surface area contributed by atoms with E-state index in [1.165, 1.54) is 14.2 Å². The second-order valence-corrected chi connectivity index (χ2v) is 4.20. The summed E-state index contributed by atoms with van der Waals surface area (Å²) < 4.78 is 10.4. The van der Waals surface area contributed by atoms with Gasteiger partial charge in [0.05, 0.1) is 12.8 Å². The second kappa shape index (κ2) is 5.73. The molecule has 5 nitrogen and oxygen atoms in total. The van der Waals surface area contributed by atoms with E-state index in [4.69, 9.17) is 15.2 Å². The minimum atomic E-state index is -0.855. The van der Waals surface area contributed by atoms with Crippen LogP contribution in [0.3, 0.4) is 0 Å². The molecule has 0 saturated carbocycles. The van der Waals surface area contributed by atoms with Crippen LogP contribution in [0.15, 0.2) is 18.2 Å². The third-order valence-corrected chi connectivity index (χ3v) is 3.08. The molecule has 1 amide bonds. The van der Waals surface area contributed by atoms with Gasteiger partial charge in [-0.2, -0.15) is 0 Å². The lowest BCUT2D eigenvalue weighted by Crippen LogP contribution is -2.41. The summed E-state index contributed by atoms with van der Waals surface area (Å²) >= 11 is 0. The molecule has 0 spiro atoms. The predicted molar refractivity (Wildman–Crippen MR) is 71.7 cm³/mol. The number of nitrogens with one attached hydrogen (secondary N) is 1. The van der Waals surface area contributed by atoms with Crippen molar-refractivity contribution in [1.82, 2.24) is 0 Å². The molecule has 0 heterocycles. The Labute approximate surface area is 107 Å². The number of ether oxygens (including phenoxy) is 2. The van der Waals surface area contributed by atoms with Crippen LogP contribution in [0, 0.1) is 0 Å². The maximum Gasteiger partial charge on any atom is 0.256 e. The summed E-state index contributed by atoms with van der Waals surface area (Å²) in [7, 11) is 3.04. The molecule has 18 heavy (non-hydrogen) atoms. The van der Waals surface area contributed by atoms with Crippen molar-refractivity contribution in [3.8, 4) is 5.75 Å². The molecule has 0 bridgehead atoms. The first kappa shape index (κ1) is 14.3. The summed E-state index contributed by atoms with van der Waals surface area (Å²) in [5, 5.41) is 2.79. The molecule has 5 heteroatoms. The number of anilines is 2. The van der Waals surface area contributed by atoms with Crippen molar-refractivity contribution >= 4 is 17.3 Å². The van der Waals surface area contributed by atoms with E-state index in [0.29, 0.717) is 23.5 Å². The molecule has 1 rings (SSSR count). The molecular formula is C13H20N2O3. The molecule has 0 fully saturated rings. The summed E-state index contributed by atoms with van der Waals surface area (Å²) in [6.07, 6.45) is 0.576. The van der Waals surface area contributed by atoms with Gasteiger partial charge in [0.1, 0.15) is 11.4 Å². The lowest BCUT2D eigenvalue weighted by molar-refractivity contribution is -0.136. The smallest absolute Gasteiger partial charge is 0.256 e. The Morgan fingerprint density at radius 2 is 2.11 bits per heavy atom. The van der Waals surface area contributed by atoms with E-state index in [-0.39, 0.29) is 5.91 Å². The number of rotatable bonds is 5. The van der Waals surface area contributed by atoms with E-state index in [0.717, 1.165) is 0 Å². The molecule has 0 aliphatic rings. The largest absolute Gasteiger partial charge is 0.494 e. The summed E-state index contributed by atoms with van der Waals surface area (Å²) in [5.41, 5.74) is 5.96. The summed E-state index contributed by atoms with van der Waals surface area (Å²) in [6, 6.07) is 5.07. The standard InChI is InChI=1S/C13H20N2O3/c1-5-13(2,18-4)12(16)15-10-7-6-9(14)8-11(10)17-3/h6-8H,5,14H2,1-4H3,(H,15,16). The van der Waals surface area contributed by atoms with Gasteiger partial charge in [-0.25, -0.2) is 0 Å². The summed E-state index contributed by atoms with van der Waals surface area (Å²) in [5.74, 6) is 0.313. The first-order valence-corrected chi connectivity index (χ1v) is 5.77. The molecule has 0 saturated heterocycles. The van der Waals surface area contributed by atoms with Gasteiger partial charge in [0, 0.05) is 18.9 Å². The topological polar surface area (TPSA) is 73.6 Å². The Hall–Kier alpha value is -1.75. The van der Waals surface area contributed by atoms with Crippen LogP contribution < -0.4 is 15.8 Å². The second-order valence-electron chi connectivity index (χ2n) is 4.20. The Kier molecular flexibility index (Phi) is 4.55. The zero-order valence-corrected chi connectivity index (χ0v) is 11.2. The van der Waals surface area contributed by atoms with E-state index in [1.54, 1.807) is 25.1 Å². The highest BCUT2D eigenvalue weighted by Gasteiger charge is 2.31. The Bertz CT molecular complexity index is 428. The molecule has 0 aliphatic heterocycles. The Morgan fingerprint density at radius 1 is 1.44 bits per heavy atom. The zero-order chi connectivity index (χ0) is 13.8. The fraction of sp³-hybridized carbons (Fsp3) is 0.462. The summed E-state index contributed by atoms with van der Waals surface area (Å²) in [6.45, 7) is 3.63. The van der Waals surface area contributed by atoms with Crippen molar-refractivity contribution in [3.63, 3.8) is 0 Å². The normalized spacial score (nSPS) is 13.8. The van der Waals surface area contributed by atoms with E-state index in [1.807, 2.05) is 6.92 Å². The molecule has 0 aliphatic carbocycles. The predicted octanol–water partition coefficient (Wildman–Crippen LogP) is 2.03. The van der Waals surface area contributed by atoms with Crippen LogP contribution >= 0.6 is 0 Å². The third-order valence-electron chi connectivity index (χ3n) is 3.08. The molecule has 0 aromatic heterocycles. The number of hydrogen-bond donors (Lipinski definition) is 2. The van der Waals surface area contributed by atoms with Crippen LogP contribution in [0.4, 0.5) is 11.4 Å². The van der Waals surface area contributed by atoms with E-state index < -0.39 is 5.60 Å². The minimum absolute atomic E-state index is 0.212. The van der Waals surface area contributed by atoms with Crippen molar-refractivity contribution in [2.45, 2.75) is 25.9 Å². The molecule has 3 N–H and O–H groups in total. The van der Waals surface area contributed by atoms with Gasteiger partial charge in [-0.3, -0.25) is 4.79 Å². The monoisotopic (exact) mass is 252 g/mol. The molecule has 100 valence electrons. The molecule has 1 atom stereocenters. The van der Waals surface area contributed by atoms with Gasteiger partial charge in [-0.1, -0.05) is 6.92 Å². The van der Waals surface area contributed by atoms with Gasteiger partial charge in [-0.15, -0.1) is 0 Å². The van der Waals surface area contributed by atoms with Gasteiger partial charge in [0.2, 0.25) is 0 Å². The fourth-order valence-corrected chi connectivity index (χ4v) is 1.46. The number of amides is 1. The molecular weight excluding hydrogens is 232 g/mol. The fourth-order valence-electron chi connectivity index (χ4n) is 1.46. The molecule has 1 unspecified atom stereocenters. The SMILES string of the molecule is CCC(C)(OC)C(=O)Nc1ccc(N)cc1OC.